The molecule has 2 aromatic rings. The van der Waals surface area contributed by atoms with Gasteiger partial charge < -0.3 is 11.1 Å². The number of nitrogens with one attached hydrogen (secondary N) is 1. The van der Waals surface area contributed by atoms with Crippen LogP contribution in [0, 0.1) is 0 Å². The summed E-state index contributed by atoms with van der Waals surface area (Å²) in [6.07, 6.45) is 1.99. The van der Waals surface area contributed by atoms with Gasteiger partial charge in [0.05, 0.1) is 4.88 Å². The molecule has 0 spiro atoms. The van der Waals surface area contributed by atoms with Gasteiger partial charge in [0.15, 0.2) is 0 Å². The van der Waals surface area contributed by atoms with Gasteiger partial charge in [-0.05, 0) is 43.5 Å². The Morgan fingerprint density at radius 1 is 1.39 bits per heavy atom. The van der Waals surface area contributed by atoms with Crippen molar-refractivity contribution in [1.82, 2.24) is 5.32 Å². The molecular weight excluding hydrogens is 244 g/mol. The fourth-order valence-corrected chi connectivity index (χ4v) is 2.57. The summed E-state index contributed by atoms with van der Waals surface area (Å²) in [6, 6.07) is 7.57. The van der Waals surface area contributed by atoms with Gasteiger partial charge in [-0.25, -0.2) is 0 Å². The first-order valence-corrected chi connectivity index (χ1v) is 6.58. The molecule has 1 aromatic heterocycles. The van der Waals surface area contributed by atoms with Gasteiger partial charge in [0.1, 0.15) is 0 Å². The number of anilines is 1. The number of carbonyl (C=O) groups is 1. The standard InChI is InChI=1S/C14H16N2OS/c1-9(2)5-6-16-14(17)13-8-10-7-11(15)3-4-12(10)18-13/h3-5,7-8H,6,15H2,1-2H3,(H,16,17). The van der Waals surface area contributed by atoms with Crippen molar-refractivity contribution >= 4 is 33.0 Å². The van der Waals surface area contributed by atoms with E-state index < -0.39 is 0 Å². The fraction of sp³-hybridized carbons (Fsp3) is 0.214. The van der Waals surface area contributed by atoms with Gasteiger partial charge in [0.2, 0.25) is 0 Å². The Labute approximate surface area is 110 Å². The topological polar surface area (TPSA) is 55.1 Å². The molecule has 94 valence electrons. The van der Waals surface area contributed by atoms with Gasteiger partial charge in [-0.1, -0.05) is 11.6 Å². The van der Waals surface area contributed by atoms with Crippen molar-refractivity contribution < 1.29 is 4.79 Å². The molecule has 0 aliphatic carbocycles. The van der Waals surface area contributed by atoms with Crippen LogP contribution in [-0.4, -0.2) is 12.5 Å². The molecule has 0 atom stereocenters. The van der Waals surface area contributed by atoms with E-state index in [1.165, 1.54) is 16.9 Å². The molecule has 1 aromatic carbocycles. The third-order valence-electron chi connectivity index (χ3n) is 2.54. The number of nitrogens with two attached hydrogens (primary N) is 1. The summed E-state index contributed by atoms with van der Waals surface area (Å²) in [6.45, 7) is 4.58. The molecule has 18 heavy (non-hydrogen) atoms. The molecule has 2 rings (SSSR count). The zero-order chi connectivity index (χ0) is 13.1. The van der Waals surface area contributed by atoms with E-state index in [1.807, 2.05) is 44.2 Å². The lowest BCUT2D eigenvalue weighted by Crippen LogP contribution is -2.22. The van der Waals surface area contributed by atoms with Crippen LogP contribution in [0.5, 0.6) is 0 Å². The molecule has 1 amide bonds. The van der Waals surface area contributed by atoms with Crippen LogP contribution in [-0.2, 0) is 0 Å². The second-order valence-corrected chi connectivity index (χ2v) is 5.48. The quantitative estimate of drug-likeness (QED) is 0.658. The summed E-state index contributed by atoms with van der Waals surface area (Å²) in [5.41, 5.74) is 7.63. The molecule has 0 saturated carbocycles. The second-order valence-electron chi connectivity index (χ2n) is 4.40. The van der Waals surface area contributed by atoms with Crippen molar-refractivity contribution in [2.75, 3.05) is 12.3 Å². The Hall–Kier alpha value is -1.81. The highest BCUT2D eigenvalue weighted by Gasteiger charge is 2.09. The van der Waals surface area contributed by atoms with Crippen molar-refractivity contribution in [3.8, 4) is 0 Å². The minimum absolute atomic E-state index is 0.0349. The van der Waals surface area contributed by atoms with Gasteiger partial charge in [-0.15, -0.1) is 11.3 Å². The molecule has 3 N–H and O–H groups in total. The van der Waals surface area contributed by atoms with Crippen LogP contribution in [0.4, 0.5) is 5.69 Å². The van der Waals surface area contributed by atoms with Crippen LogP contribution in [0.1, 0.15) is 23.5 Å². The lowest BCUT2D eigenvalue weighted by molar-refractivity contribution is 0.0962. The first-order chi connectivity index (χ1) is 8.56. The molecule has 0 radical (unpaired) electrons. The zero-order valence-corrected chi connectivity index (χ0v) is 11.3. The summed E-state index contributed by atoms with van der Waals surface area (Å²) < 4.78 is 1.08. The van der Waals surface area contributed by atoms with Crippen molar-refractivity contribution in [3.63, 3.8) is 0 Å². The number of allylic oxidation sites excluding steroid dienone is 1. The van der Waals surface area contributed by atoms with Crippen molar-refractivity contribution in [1.29, 1.82) is 0 Å². The Balaban J connectivity index is 2.15. The summed E-state index contributed by atoms with van der Waals surface area (Å²) >= 11 is 1.48. The maximum absolute atomic E-state index is 11.9. The average molecular weight is 260 g/mol. The largest absolute Gasteiger partial charge is 0.399 e. The summed E-state index contributed by atoms with van der Waals surface area (Å²) in [7, 11) is 0. The monoisotopic (exact) mass is 260 g/mol. The third kappa shape index (κ3) is 2.90. The predicted octanol–water partition coefficient (Wildman–Crippen LogP) is 3.18. The third-order valence-corrected chi connectivity index (χ3v) is 3.65. The number of amides is 1. The van der Waals surface area contributed by atoms with Crippen molar-refractivity contribution in [2.24, 2.45) is 0 Å². The minimum Gasteiger partial charge on any atom is -0.399 e. The van der Waals surface area contributed by atoms with E-state index in [0.29, 0.717) is 6.54 Å². The Morgan fingerprint density at radius 3 is 2.89 bits per heavy atom. The number of nitrogen functional groups attached to an aromatic ring is 1. The van der Waals surface area contributed by atoms with E-state index in [1.54, 1.807) is 0 Å². The molecule has 0 unspecified atom stereocenters. The highest BCUT2D eigenvalue weighted by atomic mass is 32.1. The predicted molar refractivity (Wildman–Crippen MR) is 78.0 cm³/mol. The number of thiophene rings is 1. The molecule has 0 bridgehead atoms. The Morgan fingerprint density at radius 2 is 2.17 bits per heavy atom. The van der Waals surface area contributed by atoms with Crippen LogP contribution in [0.25, 0.3) is 10.1 Å². The van der Waals surface area contributed by atoms with Gasteiger partial charge in [-0.2, -0.15) is 0 Å². The van der Waals surface area contributed by atoms with Crippen LogP contribution in [0.2, 0.25) is 0 Å². The summed E-state index contributed by atoms with van der Waals surface area (Å²) in [5.74, 6) is -0.0349. The molecule has 0 aliphatic heterocycles. The van der Waals surface area contributed by atoms with Gasteiger partial charge in [0, 0.05) is 16.9 Å². The maximum atomic E-state index is 11.9. The van der Waals surface area contributed by atoms with E-state index >= 15 is 0 Å². The molecule has 0 saturated heterocycles. The normalized spacial score (nSPS) is 10.3. The number of carbonyl (C=O) groups excluding carboxylic acids is 1. The number of hydrogen-bond acceptors (Lipinski definition) is 3. The van der Waals surface area contributed by atoms with Gasteiger partial charge in [0.25, 0.3) is 5.91 Å². The van der Waals surface area contributed by atoms with E-state index in [2.05, 4.69) is 5.32 Å². The Bertz CT molecular complexity index is 609. The molecule has 1 heterocycles. The van der Waals surface area contributed by atoms with Crippen molar-refractivity contribution in [3.05, 3.63) is 40.8 Å². The highest BCUT2D eigenvalue weighted by molar-refractivity contribution is 7.20. The fourth-order valence-electron chi connectivity index (χ4n) is 1.61. The lowest BCUT2D eigenvalue weighted by atomic mass is 10.2. The number of hydrogen-bond donors (Lipinski definition) is 2. The number of fused-ring (bicyclic) bond motifs is 1. The van der Waals surface area contributed by atoms with Crippen molar-refractivity contribution in [2.45, 2.75) is 13.8 Å². The molecule has 0 aliphatic rings. The van der Waals surface area contributed by atoms with Gasteiger partial charge >= 0.3 is 0 Å². The second kappa shape index (κ2) is 5.23. The van der Waals surface area contributed by atoms with E-state index in [0.717, 1.165) is 20.7 Å². The van der Waals surface area contributed by atoms with Crippen LogP contribution >= 0.6 is 11.3 Å². The average Bonchev–Trinajstić information content (AvgIpc) is 2.71. The zero-order valence-electron chi connectivity index (χ0n) is 10.5. The molecule has 0 fully saturated rings. The van der Waals surface area contributed by atoms with E-state index in [4.69, 9.17) is 5.73 Å². The first kappa shape index (κ1) is 12.6. The SMILES string of the molecule is CC(C)=CCNC(=O)c1cc2cc(N)ccc2s1. The van der Waals surface area contributed by atoms with Crippen LogP contribution < -0.4 is 11.1 Å². The smallest absolute Gasteiger partial charge is 0.261 e. The minimum atomic E-state index is -0.0349. The number of benzene rings is 1. The highest BCUT2D eigenvalue weighted by Crippen LogP contribution is 2.27. The van der Waals surface area contributed by atoms with Gasteiger partial charge in [-0.3, -0.25) is 4.79 Å². The van der Waals surface area contributed by atoms with E-state index in [-0.39, 0.29) is 5.91 Å². The molecule has 4 heteroatoms. The lowest BCUT2D eigenvalue weighted by Gasteiger charge is -1.99. The summed E-state index contributed by atoms with van der Waals surface area (Å²) in [4.78, 5) is 12.6. The summed E-state index contributed by atoms with van der Waals surface area (Å²) in [5, 5.41) is 3.89. The van der Waals surface area contributed by atoms with E-state index in [9.17, 15) is 4.79 Å². The Kier molecular flexibility index (Phi) is 3.67. The number of rotatable bonds is 3. The van der Waals surface area contributed by atoms with Crippen LogP contribution in [0.15, 0.2) is 35.9 Å². The molecule has 3 nitrogen and oxygen atoms in total. The first-order valence-electron chi connectivity index (χ1n) is 5.77. The molecular formula is C14H16N2OS. The maximum Gasteiger partial charge on any atom is 0.261 e. The van der Waals surface area contributed by atoms with Crippen LogP contribution in [0.3, 0.4) is 0 Å².